The molecular weight excluding hydrogens is 278 g/mol. The Morgan fingerprint density at radius 3 is 2.86 bits per heavy atom. The molecule has 0 radical (unpaired) electrons. The van der Waals surface area contributed by atoms with E-state index in [0.29, 0.717) is 12.1 Å². The summed E-state index contributed by atoms with van der Waals surface area (Å²) in [5.41, 5.74) is 1.60. The van der Waals surface area contributed by atoms with Crippen LogP contribution >= 0.6 is 0 Å². The van der Waals surface area contributed by atoms with E-state index in [1.165, 1.54) is 0 Å². The maximum atomic E-state index is 12.7. The number of rotatable bonds is 6. The van der Waals surface area contributed by atoms with Crippen LogP contribution in [0.25, 0.3) is 0 Å². The number of carbonyl (C=O) groups is 1. The van der Waals surface area contributed by atoms with Crippen LogP contribution in [0.1, 0.15) is 31.4 Å². The standard InChI is InChI=1S/C15H20F2N2O2/c1-10(21-2)11-4-3-5-13(8-11)19-14(20)18-7-6-12-9-15(12,16)17/h3-5,8,10,12H,6-7,9H2,1-2H3,(H2,18,19,20). The first-order valence-electron chi connectivity index (χ1n) is 6.98. The van der Waals surface area contributed by atoms with E-state index in [9.17, 15) is 13.6 Å². The normalized spacial score (nSPS) is 20.7. The highest BCUT2D eigenvalue weighted by atomic mass is 19.3. The highest BCUT2D eigenvalue weighted by molar-refractivity contribution is 5.89. The number of ether oxygens (including phenoxy) is 1. The molecule has 116 valence electrons. The van der Waals surface area contributed by atoms with Gasteiger partial charge < -0.3 is 15.4 Å². The summed E-state index contributed by atoms with van der Waals surface area (Å²) in [6.45, 7) is 2.16. The topological polar surface area (TPSA) is 50.4 Å². The smallest absolute Gasteiger partial charge is 0.319 e. The molecule has 6 heteroatoms. The number of alkyl halides is 2. The zero-order valence-electron chi connectivity index (χ0n) is 12.2. The lowest BCUT2D eigenvalue weighted by atomic mass is 10.1. The molecule has 0 spiro atoms. The Balaban J connectivity index is 1.77. The van der Waals surface area contributed by atoms with Gasteiger partial charge in [0.25, 0.3) is 5.92 Å². The number of carbonyl (C=O) groups excluding carboxylic acids is 1. The lowest BCUT2D eigenvalue weighted by molar-refractivity contribution is 0.0971. The summed E-state index contributed by atoms with van der Waals surface area (Å²) in [5.74, 6) is -3.10. The summed E-state index contributed by atoms with van der Waals surface area (Å²) in [6, 6.07) is 6.93. The summed E-state index contributed by atoms with van der Waals surface area (Å²) < 4.78 is 30.6. The van der Waals surface area contributed by atoms with Crippen LogP contribution in [0.4, 0.5) is 19.3 Å². The largest absolute Gasteiger partial charge is 0.377 e. The van der Waals surface area contributed by atoms with Crippen LogP contribution in [0.15, 0.2) is 24.3 Å². The summed E-state index contributed by atoms with van der Waals surface area (Å²) >= 11 is 0. The van der Waals surface area contributed by atoms with E-state index in [2.05, 4.69) is 10.6 Å². The predicted octanol–water partition coefficient (Wildman–Crippen LogP) is 3.56. The third kappa shape index (κ3) is 4.39. The third-order valence-electron chi connectivity index (χ3n) is 3.70. The van der Waals surface area contributed by atoms with Crippen molar-refractivity contribution in [3.05, 3.63) is 29.8 Å². The highest BCUT2D eigenvalue weighted by Crippen LogP contribution is 2.50. The summed E-state index contributed by atoms with van der Waals surface area (Å²) in [5, 5.41) is 5.27. The maximum absolute atomic E-state index is 12.7. The van der Waals surface area contributed by atoms with Crippen LogP contribution in [0.2, 0.25) is 0 Å². The molecule has 0 aromatic heterocycles. The Kier molecular flexibility index (Phi) is 4.77. The van der Waals surface area contributed by atoms with Crippen molar-refractivity contribution in [2.24, 2.45) is 5.92 Å². The molecule has 1 aromatic rings. The minimum Gasteiger partial charge on any atom is -0.377 e. The molecule has 2 amide bonds. The van der Waals surface area contributed by atoms with Crippen LogP contribution in [0, 0.1) is 5.92 Å². The van der Waals surface area contributed by atoms with Crippen molar-refractivity contribution >= 4 is 11.7 Å². The van der Waals surface area contributed by atoms with E-state index in [1.807, 2.05) is 25.1 Å². The zero-order valence-corrected chi connectivity index (χ0v) is 12.2. The quantitative estimate of drug-likeness (QED) is 0.843. The number of methoxy groups -OCH3 is 1. The van der Waals surface area contributed by atoms with E-state index in [0.717, 1.165) is 5.56 Å². The SMILES string of the molecule is COC(C)c1cccc(NC(=O)NCCC2CC2(F)F)c1. The first-order chi connectivity index (χ1) is 9.92. The van der Waals surface area contributed by atoms with Gasteiger partial charge in [-0.1, -0.05) is 12.1 Å². The summed E-state index contributed by atoms with van der Waals surface area (Å²) in [7, 11) is 1.62. The van der Waals surface area contributed by atoms with Crippen LogP contribution < -0.4 is 10.6 Å². The molecule has 2 N–H and O–H groups in total. The van der Waals surface area contributed by atoms with Crippen molar-refractivity contribution in [3.8, 4) is 0 Å². The average molecular weight is 298 g/mol. The van der Waals surface area contributed by atoms with Crippen molar-refractivity contribution in [1.29, 1.82) is 0 Å². The number of nitrogens with one attached hydrogen (secondary N) is 2. The van der Waals surface area contributed by atoms with Crippen molar-refractivity contribution in [3.63, 3.8) is 0 Å². The molecule has 21 heavy (non-hydrogen) atoms. The molecule has 1 saturated carbocycles. The van der Waals surface area contributed by atoms with Gasteiger partial charge in [0.15, 0.2) is 0 Å². The molecule has 2 atom stereocenters. The van der Waals surface area contributed by atoms with Gasteiger partial charge in [-0.15, -0.1) is 0 Å². The fourth-order valence-electron chi connectivity index (χ4n) is 2.12. The minimum atomic E-state index is -2.53. The number of anilines is 1. The molecule has 1 aliphatic rings. The van der Waals surface area contributed by atoms with Gasteiger partial charge in [-0.25, -0.2) is 13.6 Å². The van der Waals surface area contributed by atoms with Crippen molar-refractivity contribution in [1.82, 2.24) is 5.32 Å². The number of amides is 2. The van der Waals surface area contributed by atoms with Gasteiger partial charge in [0, 0.05) is 31.7 Å². The van der Waals surface area contributed by atoms with Gasteiger partial charge in [0.1, 0.15) is 0 Å². The van der Waals surface area contributed by atoms with Crippen molar-refractivity contribution in [2.45, 2.75) is 31.8 Å². The van der Waals surface area contributed by atoms with E-state index >= 15 is 0 Å². The number of hydrogen-bond donors (Lipinski definition) is 2. The van der Waals surface area contributed by atoms with Gasteiger partial charge in [-0.3, -0.25) is 0 Å². The molecule has 2 unspecified atom stereocenters. The maximum Gasteiger partial charge on any atom is 0.319 e. The van der Waals surface area contributed by atoms with Gasteiger partial charge >= 0.3 is 6.03 Å². The lowest BCUT2D eigenvalue weighted by Crippen LogP contribution is -2.30. The number of hydrogen-bond acceptors (Lipinski definition) is 2. The fraction of sp³-hybridized carbons (Fsp3) is 0.533. The first-order valence-corrected chi connectivity index (χ1v) is 6.98. The monoisotopic (exact) mass is 298 g/mol. The van der Waals surface area contributed by atoms with E-state index in [4.69, 9.17) is 4.74 Å². The molecule has 1 fully saturated rings. The zero-order chi connectivity index (χ0) is 15.5. The van der Waals surface area contributed by atoms with Crippen LogP contribution in [-0.2, 0) is 4.74 Å². The minimum absolute atomic E-state index is 0.0623. The molecule has 0 aliphatic heterocycles. The molecule has 0 saturated heterocycles. The van der Waals surface area contributed by atoms with E-state index < -0.39 is 11.8 Å². The average Bonchev–Trinajstić information content (AvgIpc) is 3.05. The Bertz CT molecular complexity index is 508. The second-order valence-corrected chi connectivity index (χ2v) is 5.34. The van der Waals surface area contributed by atoms with Gasteiger partial charge in [-0.2, -0.15) is 0 Å². The highest BCUT2D eigenvalue weighted by Gasteiger charge is 2.55. The molecule has 4 nitrogen and oxygen atoms in total. The van der Waals surface area contributed by atoms with Crippen LogP contribution in [0.5, 0.6) is 0 Å². The molecule has 0 heterocycles. The fourth-order valence-corrected chi connectivity index (χ4v) is 2.12. The Hall–Kier alpha value is -1.69. The molecule has 1 aromatic carbocycles. The summed E-state index contributed by atoms with van der Waals surface area (Å²) in [6.07, 6.45) is 0.181. The molecular formula is C15H20F2N2O2. The van der Waals surface area contributed by atoms with Gasteiger partial charge in [0.05, 0.1) is 6.10 Å². The van der Waals surface area contributed by atoms with Crippen LogP contribution in [0.3, 0.4) is 0 Å². The Morgan fingerprint density at radius 2 is 2.24 bits per heavy atom. The molecule has 0 bridgehead atoms. The Morgan fingerprint density at radius 1 is 1.52 bits per heavy atom. The number of halogens is 2. The lowest BCUT2D eigenvalue weighted by Gasteiger charge is -2.12. The van der Waals surface area contributed by atoms with E-state index in [1.54, 1.807) is 13.2 Å². The van der Waals surface area contributed by atoms with Gasteiger partial charge in [-0.05, 0) is 31.0 Å². The number of benzene rings is 1. The van der Waals surface area contributed by atoms with Crippen molar-refractivity contribution < 1.29 is 18.3 Å². The van der Waals surface area contributed by atoms with Crippen LogP contribution in [-0.4, -0.2) is 25.6 Å². The third-order valence-corrected chi connectivity index (χ3v) is 3.70. The first kappa shape index (κ1) is 15.7. The second-order valence-electron chi connectivity index (χ2n) is 5.34. The molecule has 2 rings (SSSR count). The summed E-state index contributed by atoms with van der Waals surface area (Å²) in [4.78, 5) is 11.7. The Labute approximate surface area is 122 Å². The molecule has 1 aliphatic carbocycles. The second kappa shape index (κ2) is 6.39. The van der Waals surface area contributed by atoms with Crippen molar-refractivity contribution in [2.75, 3.05) is 19.0 Å². The predicted molar refractivity (Wildman–Crippen MR) is 76.6 cm³/mol. The number of urea groups is 1. The van der Waals surface area contributed by atoms with E-state index in [-0.39, 0.29) is 25.1 Å². The van der Waals surface area contributed by atoms with Gasteiger partial charge in [0.2, 0.25) is 0 Å².